The fourth-order valence-corrected chi connectivity index (χ4v) is 4.93. The van der Waals surface area contributed by atoms with Gasteiger partial charge in [-0.1, -0.05) is 84.3 Å². The average molecular weight is 570 g/mol. The number of halogens is 2. The highest BCUT2D eigenvalue weighted by Gasteiger charge is 2.19. The Morgan fingerprint density at radius 3 is 2.34 bits per heavy atom. The van der Waals surface area contributed by atoms with E-state index in [1.54, 1.807) is 0 Å². The highest BCUT2D eigenvalue weighted by Crippen LogP contribution is 2.31. The number of amides is 1. The molecule has 1 heterocycles. The lowest BCUT2D eigenvalue weighted by Crippen LogP contribution is -2.15. The first kappa shape index (κ1) is 25.5. The van der Waals surface area contributed by atoms with Crippen molar-refractivity contribution in [2.45, 2.75) is 38.3 Å². The smallest absolute Gasteiger partial charge is 0.234 e. The number of carbonyl (C=O) groups is 1. The second-order valence-corrected chi connectivity index (χ2v) is 11.5. The summed E-state index contributed by atoms with van der Waals surface area (Å²) in [4.78, 5) is 12.7. The zero-order valence-corrected chi connectivity index (χ0v) is 23.1. The van der Waals surface area contributed by atoms with Crippen molar-refractivity contribution in [2.75, 3.05) is 11.1 Å². The van der Waals surface area contributed by atoms with E-state index in [1.807, 2.05) is 54.0 Å². The van der Waals surface area contributed by atoms with E-state index in [-0.39, 0.29) is 17.1 Å². The summed E-state index contributed by atoms with van der Waals surface area (Å²) in [5, 5.41) is 13.2. The van der Waals surface area contributed by atoms with Crippen LogP contribution in [0, 0.1) is 6.92 Å². The quantitative estimate of drug-likeness (QED) is 0.242. The lowest BCUT2D eigenvalue weighted by molar-refractivity contribution is -0.113. The van der Waals surface area contributed by atoms with E-state index >= 15 is 0 Å². The number of aryl methyl sites for hydroxylation is 1. The largest absolute Gasteiger partial charge is 0.325 e. The Hall–Kier alpha value is -2.61. The normalized spacial score (nSPS) is 11.5. The molecule has 35 heavy (non-hydrogen) atoms. The van der Waals surface area contributed by atoms with Gasteiger partial charge in [-0.05, 0) is 65.9 Å². The summed E-state index contributed by atoms with van der Waals surface area (Å²) in [6.45, 7) is 8.53. The predicted octanol–water partition coefficient (Wildman–Crippen LogP) is 7.69. The first-order chi connectivity index (χ1) is 16.6. The molecule has 1 aromatic heterocycles. The first-order valence-electron chi connectivity index (χ1n) is 11.1. The Bertz CT molecular complexity index is 1350. The number of benzene rings is 3. The van der Waals surface area contributed by atoms with E-state index in [2.05, 4.69) is 76.5 Å². The van der Waals surface area contributed by atoms with Gasteiger partial charge >= 0.3 is 0 Å². The molecular weight excluding hydrogens is 544 g/mol. The van der Waals surface area contributed by atoms with Crippen LogP contribution < -0.4 is 5.32 Å². The Labute approximate surface area is 223 Å². The maximum atomic E-state index is 12.7. The molecular formula is C27H26BrClN4OS. The minimum absolute atomic E-state index is 0.0595. The van der Waals surface area contributed by atoms with E-state index < -0.39 is 0 Å². The molecule has 0 unspecified atom stereocenters. The van der Waals surface area contributed by atoms with E-state index in [4.69, 9.17) is 11.6 Å². The van der Waals surface area contributed by atoms with E-state index in [0.29, 0.717) is 16.0 Å². The molecule has 0 radical (unpaired) electrons. The number of carbonyl (C=O) groups excluding carboxylic acids is 1. The minimum atomic E-state index is -0.109. The molecule has 0 bridgehead atoms. The fraction of sp³-hybridized carbons (Fsp3) is 0.222. The molecule has 4 aromatic rings. The Morgan fingerprint density at radius 2 is 1.71 bits per heavy atom. The SMILES string of the molecule is Cc1cc(Br)ccc1NC(=O)CSc1nnc(-c2ccc(C(C)(C)C)cc2)n1-c1ccc(Cl)cc1. The van der Waals surface area contributed by atoms with Crippen molar-refractivity contribution in [1.29, 1.82) is 0 Å². The van der Waals surface area contributed by atoms with Gasteiger partial charge in [0.1, 0.15) is 0 Å². The average Bonchev–Trinajstić information content (AvgIpc) is 3.23. The molecule has 1 N–H and O–H groups in total. The molecule has 1 amide bonds. The number of aromatic nitrogens is 3. The molecule has 0 saturated heterocycles. The van der Waals surface area contributed by atoms with E-state index in [0.717, 1.165) is 27.0 Å². The summed E-state index contributed by atoms with van der Waals surface area (Å²) < 4.78 is 2.94. The van der Waals surface area contributed by atoms with Crippen molar-refractivity contribution >= 4 is 50.9 Å². The molecule has 0 aliphatic heterocycles. The van der Waals surface area contributed by atoms with Gasteiger partial charge in [0.25, 0.3) is 0 Å². The van der Waals surface area contributed by atoms with Gasteiger partial charge in [-0.2, -0.15) is 0 Å². The standard InChI is InChI=1S/C27H26BrClN4OS/c1-17-15-20(28)9-14-23(17)30-24(34)16-35-26-32-31-25(33(26)22-12-10-21(29)11-13-22)18-5-7-19(8-6-18)27(2,3)4/h5-15H,16H2,1-4H3,(H,30,34). The lowest BCUT2D eigenvalue weighted by atomic mass is 9.87. The summed E-state index contributed by atoms with van der Waals surface area (Å²) >= 11 is 10.9. The predicted molar refractivity (Wildman–Crippen MR) is 149 cm³/mol. The monoisotopic (exact) mass is 568 g/mol. The van der Waals surface area contributed by atoms with Crippen LogP contribution in [0.5, 0.6) is 0 Å². The van der Waals surface area contributed by atoms with Crippen LogP contribution >= 0.6 is 39.3 Å². The van der Waals surface area contributed by atoms with Gasteiger partial charge in [0.05, 0.1) is 5.75 Å². The molecule has 0 saturated carbocycles. The molecule has 0 atom stereocenters. The number of hydrogen-bond acceptors (Lipinski definition) is 4. The summed E-state index contributed by atoms with van der Waals surface area (Å²) in [5.74, 6) is 0.797. The Morgan fingerprint density at radius 1 is 1.03 bits per heavy atom. The van der Waals surface area contributed by atoms with Gasteiger partial charge < -0.3 is 5.32 Å². The number of anilines is 1. The van der Waals surface area contributed by atoms with Crippen molar-refractivity contribution in [3.05, 3.63) is 87.4 Å². The van der Waals surface area contributed by atoms with E-state index in [1.165, 1.54) is 17.3 Å². The third kappa shape index (κ3) is 6.15. The summed E-state index contributed by atoms with van der Waals surface area (Å²) in [7, 11) is 0. The van der Waals surface area contributed by atoms with Crippen molar-refractivity contribution in [2.24, 2.45) is 0 Å². The molecule has 0 fully saturated rings. The Balaban J connectivity index is 1.61. The number of nitrogens with zero attached hydrogens (tertiary/aromatic N) is 3. The summed E-state index contributed by atoms with van der Waals surface area (Å²) in [5.41, 5.74) is 4.90. The lowest BCUT2D eigenvalue weighted by Gasteiger charge is -2.19. The van der Waals surface area contributed by atoms with Crippen LogP contribution in [0.4, 0.5) is 5.69 Å². The number of hydrogen-bond donors (Lipinski definition) is 1. The van der Waals surface area contributed by atoms with Crippen molar-refractivity contribution in [3.63, 3.8) is 0 Å². The highest BCUT2D eigenvalue weighted by molar-refractivity contribution is 9.10. The molecule has 3 aromatic carbocycles. The number of rotatable bonds is 6. The van der Waals surface area contributed by atoms with Crippen molar-refractivity contribution in [3.8, 4) is 17.1 Å². The third-order valence-corrected chi connectivity index (χ3v) is 7.20. The summed E-state index contributed by atoms with van der Waals surface area (Å²) in [6.07, 6.45) is 0. The first-order valence-corrected chi connectivity index (χ1v) is 13.3. The zero-order valence-electron chi connectivity index (χ0n) is 20.0. The van der Waals surface area contributed by atoms with Gasteiger partial charge in [0, 0.05) is 26.4 Å². The third-order valence-electron chi connectivity index (χ3n) is 5.52. The molecule has 0 aliphatic rings. The molecule has 0 spiro atoms. The van der Waals surface area contributed by atoms with Crippen LogP contribution in [-0.4, -0.2) is 26.4 Å². The second kappa shape index (κ2) is 10.6. The topological polar surface area (TPSA) is 59.8 Å². The number of thioether (sulfide) groups is 1. The van der Waals surface area contributed by atoms with Gasteiger partial charge in [0.2, 0.25) is 5.91 Å². The van der Waals surface area contributed by atoms with Crippen LogP contribution in [0.15, 0.2) is 76.4 Å². The Kier molecular flexibility index (Phi) is 7.69. The maximum absolute atomic E-state index is 12.7. The highest BCUT2D eigenvalue weighted by atomic mass is 79.9. The minimum Gasteiger partial charge on any atom is -0.325 e. The van der Waals surface area contributed by atoms with Crippen molar-refractivity contribution in [1.82, 2.24) is 14.8 Å². The van der Waals surface area contributed by atoms with Gasteiger partial charge in [-0.15, -0.1) is 10.2 Å². The van der Waals surface area contributed by atoms with Gasteiger partial charge in [0.15, 0.2) is 11.0 Å². The van der Waals surface area contributed by atoms with Gasteiger partial charge in [-0.3, -0.25) is 9.36 Å². The molecule has 4 rings (SSSR count). The molecule has 180 valence electrons. The molecule has 5 nitrogen and oxygen atoms in total. The van der Waals surface area contributed by atoms with E-state index in [9.17, 15) is 4.79 Å². The van der Waals surface area contributed by atoms with Crippen molar-refractivity contribution < 1.29 is 4.79 Å². The summed E-state index contributed by atoms with van der Waals surface area (Å²) in [6, 6.07) is 21.7. The maximum Gasteiger partial charge on any atom is 0.234 e. The van der Waals surface area contributed by atoms with Crippen LogP contribution in [-0.2, 0) is 10.2 Å². The number of nitrogens with one attached hydrogen (secondary N) is 1. The molecule has 8 heteroatoms. The second-order valence-electron chi connectivity index (χ2n) is 9.24. The zero-order chi connectivity index (χ0) is 25.2. The fourth-order valence-electron chi connectivity index (χ4n) is 3.58. The van der Waals surface area contributed by atoms with Crippen LogP contribution in [0.2, 0.25) is 5.02 Å². The molecule has 0 aliphatic carbocycles. The van der Waals surface area contributed by atoms with Crippen LogP contribution in [0.3, 0.4) is 0 Å². The van der Waals surface area contributed by atoms with Crippen LogP contribution in [0.25, 0.3) is 17.1 Å². The van der Waals surface area contributed by atoms with Crippen LogP contribution in [0.1, 0.15) is 31.9 Å². The van der Waals surface area contributed by atoms with Gasteiger partial charge in [-0.25, -0.2) is 0 Å².